The van der Waals surface area contributed by atoms with Crippen molar-refractivity contribution in [2.24, 2.45) is 0 Å². The minimum atomic E-state index is -0.172. The summed E-state index contributed by atoms with van der Waals surface area (Å²) < 4.78 is 0. The Balaban J connectivity index is 0.00000441. The van der Waals surface area contributed by atoms with Gasteiger partial charge in [0, 0.05) is 66.1 Å². The van der Waals surface area contributed by atoms with Crippen LogP contribution in [0.4, 0.5) is 0 Å². The molecule has 0 aliphatic rings. The predicted octanol–water partition coefficient (Wildman–Crippen LogP) is 6.73. The molecule has 0 amide bonds. The summed E-state index contributed by atoms with van der Waals surface area (Å²) >= 11 is 0. The molecule has 0 saturated carbocycles. The summed E-state index contributed by atoms with van der Waals surface area (Å²) in [4.78, 5) is 0. The topological polar surface area (TPSA) is 86.0 Å². The monoisotopic (exact) mass is 686 g/mol. The van der Waals surface area contributed by atoms with E-state index in [1.807, 2.05) is 0 Å². The Morgan fingerprint density at radius 3 is 0.714 bits per heavy atom. The Morgan fingerprint density at radius 1 is 0.381 bits per heavy atom. The van der Waals surface area contributed by atoms with Crippen LogP contribution in [0.2, 0.25) is 0 Å². The van der Waals surface area contributed by atoms with Crippen molar-refractivity contribution in [2.45, 2.75) is 157 Å². The van der Waals surface area contributed by atoms with Crippen molar-refractivity contribution in [3.63, 3.8) is 0 Å². The van der Waals surface area contributed by atoms with Gasteiger partial charge >= 0.3 is 0 Å². The van der Waals surface area contributed by atoms with Gasteiger partial charge in [-0.15, -0.1) is 17.0 Å². The standard InChI is InChI=1S/C33H57BN6.BrH.Ni/c1-28(2,3)22-19(23(36-35-22)29(4,5)6)34(20-24(30(7,8)9)37-38-25(20)31(10,11)12)21-26(32(13,14)15)39-40-27(21)33(16,17)18;;/h1-18H3,(H,35,36)(H,37,38)(H,39,40);1H;. The van der Waals surface area contributed by atoms with E-state index >= 15 is 0 Å². The summed E-state index contributed by atoms with van der Waals surface area (Å²) in [6.07, 6.45) is 0. The Kier molecular flexibility index (Phi) is 10.9. The second-order valence-electron chi connectivity index (χ2n) is 18.0. The molecule has 3 N–H and O–H groups in total. The number of hydrogen-bond acceptors (Lipinski definition) is 3. The van der Waals surface area contributed by atoms with Crippen LogP contribution in [0.1, 0.15) is 159 Å². The minimum Gasteiger partial charge on any atom is -0.282 e. The molecule has 42 heavy (non-hydrogen) atoms. The van der Waals surface area contributed by atoms with Crippen molar-refractivity contribution in [1.29, 1.82) is 0 Å². The maximum Gasteiger partial charge on any atom is 0.255 e. The number of H-pyrrole nitrogens is 3. The van der Waals surface area contributed by atoms with Gasteiger partial charge in [0.2, 0.25) is 0 Å². The van der Waals surface area contributed by atoms with Gasteiger partial charge in [0.15, 0.2) is 0 Å². The summed E-state index contributed by atoms with van der Waals surface area (Å²) in [7, 11) is 0. The zero-order chi connectivity index (χ0) is 31.0. The Bertz CT molecular complexity index is 1090. The molecule has 3 aromatic heterocycles. The fourth-order valence-corrected chi connectivity index (χ4v) is 5.76. The number of rotatable bonds is 3. The first-order valence-corrected chi connectivity index (χ1v) is 15.0. The van der Waals surface area contributed by atoms with E-state index in [2.05, 4.69) is 140 Å². The van der Waals surface area contributed by atoms with Crippen LogP contribution in [0.15, 0.2) is 0 Å². The summed E-state index contributed by atoms with van der Waals surface area (Å²) in [5.74, 6) is 0. The molecule has 6 nitrogen and oxygen atoms in total. The van der Waals surface area contributed by atoms with Gasteiger partial charge in [-0.2, -0.15) is 15.3 Å². The number of halogens is 1. The van der Waals surface area contributed by atoms with Gasteiger partial charge in [0.25, 0.3) is 6.71 Å². The summed E-state index contributed by atoms with van der Waals surface area (Å²) in [5, 5.41) is 25.9. The second-order valence-corrected chi connectivity index (χ2v) is 18.0. The molecule has 9 heteroatoms. The van der Waals surface area contributed by atoms with E-state index < -0.39 is 0 Å². The first-order chi connectivity index (χ1) is 17.7. The van der Waals surface area contributed by atoms with Crippen molar-refractivity contribution in [3.8, 4) is 0 Å². The van der Waals surface area contributed by atoms with Crippen molar-refractivity contribution >= 4 is 40.1 Å². The molecule has 0 aliphatic heterocycles. The number of hydrogen-bond donors (Lipinski definition) is 3. The van der Waals surface area contributed by atoms with Crippen LogP contribution in [0, 0.1) is 0 Å². The molecule has 0 atom stereocenters. The van der Waals surface area contributed by atoms with Crippen LogP contribution in [-0.4, -0.2) is 37.3 Å². The Labute approximate surface area is 277 Å². The van der Waals surface area contributed by atoms with Crippen LogP contribution >= 0.6 is 17.0 Å². The minimum absolute atomic E-state index is 0. The van der Waals surface area contributed by atoms with Gasteiger partial charge in [-0.05, 0) is 16.4 Å². The van der Waals surface area contributed by atoms with E-state index in [1.54, 1.807) is 0 Å². The molecule has 0 fully saturated rings. The smallest absolute Gasteiger partial charge is 0.255 e. The van der Waals surface area contributed by atoms with E-state index in [9.17, 15) is 0 Å². The number of aromatic nitrogens is 6. The molecule has 0 aromatic carbocycles. The van der Waals surface area contributed by atoms with Crippen LogP contribution in [-0.2, 0) is 49.0 Å². The first-order valence-electron chi connectivity index (χ1n) is 15.0. The number of aromatic amines is 3. The largest absolute Gasteiger partial charge is 0.282 e. The van der Waals surface area contributed by atoms with Crippen LogP contribution < -0.4 is 16.4 Å². The second kappa shape index (κ2) is 11.9. The van der Waals surface area contributed by atoms with E-state index in [0.29, 0.717) is 0 Å². The zero-order valence-corrected chi connectivity index (χ0v) is 32.3. The quantitative estimate of drug-likeness (QED) is 0.267. The van der Waals surface area contributed by atoms with Crippen LogP contribution in [0.3, 0.4) is 0 Å². The number of nitrogens with zero attached hydrogens (tertiary/aromatic N) is 3. The van der Waals surface area contributed by atoms with Crippen molar-refractivity contribution in [3.05, 3.63) is 34.2 Å². The van der Waals surface area contributed by atoms with Gasteiger partial charge in [0.1, 0.15) is 0 Å². The molecule has 0 saturated heterocycles. The van der Waals surface area contributed by atoms with E-state index in [0.717, 1.165) is 17.1 Å². The third-order valence-corrected chi connectivity index (χ3v) is 7.66. The molecule has 0 spiro atoms. The fraction of sp³-hybridized carbons (Fsp3) is 0.727. The summed E-state index contributed by atoms with van der Waals surface area (Å²) in [5.41, 5.74) is 9.63. The Hall–Kier alpha value is -1.33. The number of nitrogens with one attached hydrogen (secondary N) is 3. The maximum absolute atomic E-state index is 5.08. The van der Waals surface area contributed by atoms with Crippen molar-refractivity contribution < 1.29 is 16.5 Å². The molecule has 0 unspecified atom stereocenters. The third kappa shape index (κ3) is 7.48. The molecule has 3 heterocycles. The average molecular weight is 688 g/mol. The third-order valence-electron chi connectivity index (χ3n) is 7.66. The average Bonchev–Trinajstić information content (AvgIpc) is 3.42. The van der Waals surface area contributed by atoms with E-state index in [1.165, 1.54) is 33.5 Å². The van der Waals surface area contributed by atoms with Crippen LogP contribution in [0.25, 0.3) is 0 Å². The normalized spacial score (nSPS) is 13.6. The SMILES string of the molecule is Br.CC(C)(C)c1n[nH]c(C(C)(C)C)c1B(c1c(C(C)(C)C)n[nH]c1C(C)(C)C)c1c(C(C)(C)C)n[nH]c1C(C)(C)C.[Ni]. The van der Waals surface area contributed by atoms with Gasteiger partial charge in [-0.1, -0.05) is 125 Å². The molecule has 0 bridgehead atoms. The molecular formula is C33H58BBrN6Ni. The fourth-order valence-electron chi connectivity index (χ4n) is 5.76. The van der Waals surface area contributed by atoms with Crippen LogP contribution in [0.5, 0.6) is 0 Å². The van der Waals surface area contributed by atoms with Crippen molar-refractivity contribution in [1.82, 2.24) is 30.6 Å². The molecule has 3 aromatic rings. The van der Waals surface area contributed by atoms with Gasteiger partial charge in [-0.3, -0.25) is 15.3 Å². The van der Waals surface area contributed by atoms with Gasteiger partial charge < -0.3 is 0 Å². The molecule has 0 radical (unpaired) electrons. The molecule has 3 rings (SSSR count). The van der Waals surface area contributed by atoms with E-state index in [4.69, 9.17) is 15.3 Å². The first kappa shape index (κ1) is 38.7. The van der Waals surface area contributed by atoms with Crippen molar-refractivity contribution in [2.75, 3.05) is 0 Å². The van der Waals surface area contributed by atoms with Gasteiger partial charge in [-0.25, -0.2) is 0 Å². The van der Waals surface area contributed by atoms with E-state index in [-0.39, 0.29) is 72.7 Å². The predicted molar refractivity (Wildman–Crippen MR) is 183 cm³/mol. The zero-order valence-electron chi connectivity index (χ0n) is 29.6. The molecule has 240 valence electrons. The maximum atomic E-state index is 5.08. The summed E-state index contributed by atoms with van der Waals surface area (Å²) in [6.45, 7) is 40.8. The van der Waals surface area contributed by atoms with Gasteiger partial charge in [0.05, 0.1) is 17.1 Å². The Morgan fingerprint density at radius 2 is 0.571 bits per heavy atom. The molecular weight excluding hydrogens is 630 g/mol. The summed E-state index contributed by atoms with van der Waals surface area (Å²) in [6, 6.07) is 0. The molecule has 0 aliphatic carbocycles.